The first-order valence-corrected chi connectivity index (χ1v) is 8.73. The van der Waals surface area contributed by atoms with E-state index in [1.807, 2.05) is 18.2 Å². The number of nitrogens with one attached hydrogen (secondary N) is 1. The maximum atomic E-state index is 13.8. The van der Waals surface area contributed by atoms with Crippen LogP contribution in [0.4, 0.5) is 30.4 Å². The molecule has 1 atom stereocenters. The van der Waals surface area contributed by atoms with E-state index in [-0.39, 0.29) is 11.9 Å². The van der Waals surface area contributed by atoms with Crippen LogP contribution in [0.2, 0.25) is 0 Å². The molecule has 0 spiro atoms. The summed E-state index contributed by atoms with van der Waals surface area (Å²) in [5, 5.41) is 2.40. The van der Waals surface area contributed by atoms with E-state index in [0.717, 1.165) is 23.9 Å². The summed E-state index contributed by atoms with van der Waals surface area (Å²) in [6.07, 6.45) is 2.53. The fourth-order valence-corrected chi connectivity index (χ4v) is 3.45. The van der Waals surface area contributed by atoms with Crippen molar-refractivity contribution in [1.29, 1.82) is 0 Å². The molecule has 1 aliphatic heterocycles. The molecule has 1 aromatic heterocycles. The lowest BCUT2D eigenvalue weighted by atomic mass is 10.1. The summed E-state index contributed by atoms with van der Waals surface area (Å²) in [7, 11) is 0. The average molecular weight is 383 g/mol. The summed E-state index contributed by atoms with van der Waals surface area (Å²) < 4.78 is 40.1. The Bertz CT molecular complexity index is 1050. The number of halogens is 3. The van der Waals surface area contributed by atoms with Crippen LogP contribution in [0.25, 0.3) is 0 Å². The monoisotopic (exact) mass is 383 g/mol. The van der Waals surface area contributed by atoms with Crippen LogP contribution in [0.1, 0.15) is 22.8 Å². The molecule has 1 unspecified atom stereocenters. The first kappa shape index (κ1) is 18.0. The number of hydrogen-bond donors (Lipinski definition) is 1. The molecule has 3 aromatic rings. The molecule has 2 heterocycles. The molecule has 28 heavy (non-hydrogen) atoms. The van der Waals surface area contributed by atoms with Gasteiger partial charge in [-0.2, -0.15) is 0 Å². The van der Waals surface area contributed by atoms with Gasteiger partial charge in [0.1, 0.15) is 5.82 Å². The highest BCUT2D eigenvalue weighted by Gasteiger charge is 2.27. The van der Waals surface area contributed by atoms with Crippen LogP contribution < -0.4 is 10.2 Å². The van der Waals surface area contributed by atoms with Gasteiger partial charge < -0.3 is 10.2 Å². The molecule has 4 nitrogen and oxygen atoms in total. The molecule has 0 saturated carbocycles. The average Bonchev–Trinajstić information content (AvgIpc) is 3.02. The van der Waals surface area contributed by atoms with Gasteiger partial charge in [-0.15, -0.1) is 0 Å². The summed E-state index contributed by atoms with van der Waals surface area (Å²) in [5.41, 5.74) is 2.62. The molecule has 0 fully saturated rings. The molecule has 1 amide bonds. The van der Waals surface area contributed by atoms with Gasteiger partial charge in [-0.25, -0.2) is 18.2 Å². The van der Waals surface area contributed by atoms with Gasteiger partial charge in [0.05, 0.1) is 17.4 Å². The highest BCUT2D eigenvalue weighted by atomic mass is 19.2. The van der Waals surface area contributed by atoms with E-state index in [1.54, 1.807) is 18.3 Å². The Kier molecular flexibility index (Phi) is 4.50. The van der Waals surface area contributed by atoms with Crippen molar-refractivity contribution in [1.82, 2.24) is 4.98 Å². The molecule has 0 saturated heterocycles. The van der Waals surface area contributed by atoms with E-state index < -0.39 is 28.9 Å². The smallest absolute Gasteiger partial charge is 0.259 e. The number of aromatic nitrogens is 1. The number of carbonyl (C=O) groups is 1. The van der Waals surface area contributed by atoms with Gasteiger partial charge in [0.25, 0.3) is 5.91 Å². The molecule has 7 heteroatoms. The Morgan fingerprint density at radius 2 is 1.86 bits per heavy atom. The third-order valence-electron chi connectivity index (χ3n) is 4.75. The lowest BCUT2D eigenvalue weighted by Crippen LogP contribution is -2.24. The lowest BCUT2D eigenvalue weighted by Gasteiger charge is -2.24. The fraction of sp³-hybridized carbons (Fsp3) is 0.143. The van der Waals surface area contributed by atoms with Crippen LogP contribution in [0, 0.1) is 17.5 Å². The second-order valence-corrected chi connectivity index (χ2v) is 6.63. The van der Waals surface area contributed by atoms with Gasteiger partial charge in [-0.3, -0.25) is 4.79 Å². The van der Waals surface area contributed by atoms with Crippen LogP contribution in [-0.2, 0) is 6.42 Å². The minimum Gasteiger partial charge on any atom is -0.337 e. The molecule has 0 radical (unpaired) electrons. The summed E-state index contributed by atoms with van der Waals surface area (Å²) >= 11 is 0. The Hall–Kier alpha value is -3.35. The summed E-state index contributed by atoms with van der Waals surface area (Å²) in [6, 6.07) is 13.3. The van der Waals surface area contributed by atoms with Crippen LogP contribution in [0.3, 0.4) is 0 Å². The summed E-state index contributed by atoms with van der Waals surface area (Å²) in [6.45, 7) is 2.11. The number of fused-ring (bicyclic) bond motifs is 1. The van der Waals surface area contributed by atoms with Crippen molar-refractivity contribution in [3.63, 3.8) is 0 Å². The first-order chi connectivity index (χ1) is 13.5. The van der Waals surface area contributed by atoms with Gasteiger partial charge in [0.15, 0.2) is 17.5 Å². The van der Waals surface area contributed by atoms with Gasteiger partial charge in [-0.1, -0.05) is 18.2 Å². The second-order valence-electron chi connectivity index (χ2n) is 6.63. The minimum atomic E-state index is -1.68. The Labute approximate surface area is 159 Å². The SMILES string of the molecule is CC1Cc2ccccc2N1c1ccc(NC(=O)c2ccc(F)c(F)c2F)nc1. The van der Waals surface area contributed by atoms with E-state index in [0.29, 0.717) is 6.07 Å². The fourth-order valence-electron chi connectivity index (χ4n) is 3.45. The normalized spacial score (nSPS) is 15.4. The zero-order valence-electron chi connectivity index (χ0n) is 14.9. The van der Waals surface area contributed by atoms with E-state index in [2.05, 4.69) is 28.2 Å². The zero-order chi connectivity index (χ0) is 19.8. The van der Waals surface area contributed by atoms with E-state index in [9.17, 15) is 18.0 Å². The molecule has 1 aliphatic rings. The number of hydrogen-bond acceptors (Lipinski definition) is 3. The number of nitrogens with zero attached hydrogens (tertiary/aromatic N) is 2. The predicted molar refractivity (Wildman–Crippen MR) is 100 cm³/mol. The quantitative estimate of drug-likeness (QED) is 0.659. The first-order valence-electron chi connectivity index (χ1n) is 8.73. The molecule has 0 aliphatic carbocycles. The Morgan fingerprint density at radius 1 is 1.07 bits per heavy atom. The number of anilines is 3. The van der Waals surface area contributed by atoms with Gasteiger partial charge in [0, 0.05) is 11.7 Å². The number of amides is 1. The van der Waals surface area contributed by atoms with Crippen molar-refractivity contribution >= 4 is 23.1 Å². The number of carbonyl (C=O) groups excluding carboxylic acids is 1. The van der Waals surface area contributed by atoms with E-state index >= 15 is 0 Å². The second kappa shape index (κ2) is 6.99. The van der Waals surface area contributed by atoms with Gasteiger partial charge >= 0.3 is 0 Å². The molecule has 2 aromatic carbocycles. The highest BCUT2D eigenvalue weighted by molar-refractivity contribution is 6.04. The van der Waals surface area contributed by atoms with Crippen LogP contribution in [0.15, 0.2) is 54.7 Å². The van der Waals surface area contributed by atoms with Crippen molar-refractivity contribution < 1.29 is 18.0 Å². The molecular weight excluding hydrogens is 367 g/mol. The standard InChI is InChI=1S/C21H16F3N3O/c1-12-10-13-4-2-3-5-17(13)27(12)14-6-9-18(25-11-14)26-21(28)15-7-8-16(22)20(24)19(15)23/h2-9,11-12H,10H2,1H3,(H,25,26,28). The minimum absolute atomic E-state index is 0.179. The molecular formula is C21H16F3N3O. The maximum Gasteiger partial charge on any atom is 0.259 e. The van der Waals surface area contributed by atoms with Crippen molar-refractivity contribution in [3.8, 4) is 0 Å². The lowest BCUT2D eigenvalue weighted by molar-refractivity contribution is 0.102. The van der Waals surface area contributed by atoms with E-state index in [1.165, 1.54) is 5.56 Å². The molecule has 4 rings (SSSR count). The number of benzene rings is 2. The van der Waals surface area contributed by atoms with E-state index in [4.69, 9.17) is 0 Å². The summed E-state index contributed by atoms with van der Waals surface area (Å²) in [4.78, 5) is 18.5. The Balaban J connectivity index is 1.55. The predicted octanol–water partition coefficient (Wildman–Crippen LogP) is 4.83. The molecule has 1 N–H and O–H groups in total. The van der Waals surface area contributed by atoms with Crippen molar-refractivity contribution in [2.75, 3.05) is 10.2 Å². The van der Waals surface area contributed by atoms with Crippen LogP contribution in [-0.4, -0.2) is 16.9 Å². The highest BCUT2D eigenvalue weighted by Crippen LogP contribution is 2.37. The van der Waals surface area contributed by atoms with Crippen molar-refractivity contribution in [3.05, 3.63) is 83.3 Å². The molecule has 0 bridgehead atoms. The van der Waals surface area contributed by atoms with Crippen molar-refractivity contribution in [2.45, 2.75) is 19.4 Å². The number of pyridine rings is 1. The van der Waals surface area contributed by atoms with Gasteiger partial charge in [-0.05, 0) is 49.2 Å². The number of rotatable bonds is 3. The zero-order valence-corrected chi connectivity index (χ0v) is 14.9. The summed E-state index contributed by atoms with van der Waals surface area (Å²) in [5.74, 6) is -5.29. The van der Waals surface area contributed by atoms with Crippen LogP contribution in [0.5, 0.6) is 0 Å². The molecule has 142 valence electrons. The third kappa shape index (κ3) is 3.09. The Morgan fingerprint density at radius 3 is 2.61 bits per heavy atom. The van der Waals surface area contributed by atoms with Crippen molar-refractivity contribution in [2.24, 2.45) is 0 Å². The van der Waals surface area contributed by atoms with Gasteiger partial charge in [0.2, 0.25) is 0 Å². The largest absolute Gasteiger partial charge is 0.337 e. The maximum absolute atomic E-state index is 13.8. The number of para-hydroxylation sites is 1. The topological polar surface area (TPSA) is 45.2 Å². The van der Waals surface area contributed by atoms with Crippen LogP contribution >= 0.6 is 0 Å². The third-order valence-corrected chi connectivity index (χ3v) is 4.75.